The average molecular weight is 405 g/mol. The molecule has 2 heterocycles. The number of rotatable bonds is 1. The molecule has 1 N–H and O–H groups in total. The van der Waals surface area contributed by atoms with E-state index in [1.54, 1.807) is 13.1 Å². The first-order chi connectivity index (χ1) is 14.5. The number of aromatic hydroxyl groups is 1. The monoisotopic (exact) mass is 405 g/mol. The summed E-state index contributed by atoms with van der Waals surface area (Å²) < 4.78 is 16.2. The van der Waals surface area contributed by atoms with Crippen LogP contribution in [0.5, 0.6) is 5.75 Å². The van der Waals surface area contributed by atoms with Crippen LogP contribution in [0.3, 0.4) is 0 Å². The van der Waals surface area contributed by atoms with Crippen molar-refractivity contribution in [3.63, 3.8) is 0 Å². The summed E-state index contributed by atoms with van der Waals surface area (Å²) in [4.78, 5) is 26.2. The topological polar surface area (TPSA) is 75.4 Å². The Bertz CT molecular complexity index is 1240. The summed E-state index contributed by atoms with van der Waals surface area (Å²) in [5.41, 5.74) is 2.84. The standard InChI is InChI=1S/C23H20FN3O3/c1-26-12-18(27-21(23(26)30)22(29)19(28)11-25-27)20-14-6-3-2-5-13(14)9-10-15-16(20)7-4-8-17(15)24/h2-8,11,18,20,29H,9-10,12H2,1H3. The predicted molar refractivity (Wildman–Crippen MR) is 108 cm³/mol. The van der Waals surface area contributed by atoms with Crippen LogP contribution in [0.2, 0.25) is 0 Å². The Balaban J connectivity index is 1.80. The number of likely N-dealkylation sites (N-methyl/N-ethyl adjacent to an activating group) is 1. The van der Waals surface area contributed by atoms with E-state index < -0.39 is 23.1 Å². The van der Waals surface area contributed by atoms with Gasteiger partial charge in [0.1, 0.15) is 5.82 Å². The molecule has 1 amide bonds. The second-order valence-electron chi connectivity index (χ2n) is 7.89. The molecule has 0 saturated heterocycles. The van der Waals surface area contributed by atoms with Gasteiger partial charge in [-0.05, 0) is 41.2 Å². The summed E-state index contributed by atoms with van der Waals surface area (Å²) in [5, 5.41) is 14.6. The highest BCUT2D eigenvalue weighted by atomic mass is 19.1. The Hall–Kier alpha value is -3.48. The molecule has 2 aliphatic rings. The largest absolute Gasteiger partial charge is 0.502 e. The zero-order chi connectivity index (χ0) is 21.0. The summed E-state index contributed by atoms with van der Waals surface area (Å²) >= 11 is 0. The molecule has 2 unspecified atom stereocenters. The summed E-state index contributed by atoms with van der Waals surface area (Å²) in [5.74, 6) is -1.61. The fourth-order valence-corrected chi connectivity index (χ4v) is 4.82. The van der Waals surface area contributed by atoms with Gasteiger partial charge in [-0.3, -0.25) is 14.3 Å². The van der Waals surface area contributed by atoms with Gasteiger partial charge in [0.05, 0.1) is 12.2 Å². The molecule has 152 valence electrons. The average Bonchev–Trinajstić information content (AvgIpc) is 2.91. The molecule has 0 saturated carbocycles. The van der Waals surface area contributed by atoms with E-state index >= 15 is 0 Å². The van der Waals surface area contributed by atoms with Gasteiger partial charge in [-0.15, -0.1) is 0 Å². The number of halogens is 1. The third-order valence-electron chi connectivity index (χ3n) is 6.22. The van der Waals surface area contributed by atoms with Crippen molar-refractivity contribution in [3.8, 4) is 5.75 Å². The number of fused-ring (bicyclic) bond motifs is 3. The Labute approximate surface area is 172 Å². The number of carbonyl (C=O) groups excluding carboxylic acids is 1. The minimum atomic E-state index is -0.698. The Morgan fingerprint density at radius 2 is 1.83 bits per heavy atom. The Kier molecular flexibility index (Phi) is 4.20. The van der Waals surface area contributed by atoms with Crippen molar-refractivity contribution >= 4 is 5.91 Å². The Morgan fingerprint density at radius 3 is 2.67 bits per heavy atom. The van der Waals surface area contributed by atoms with Crippen LogP contribution in [-0.2, 0) is 12.8 Å². The summed E-state index contributed by atoms with van der Waals surface area (Å²) in [6.45, 7) is 0.316. The number of hydrogen-bond donors (Lipinski definition) is 1. The van der Waals surface area contributed by atoms with Gasteiger partial charge in [0, 0.05) is 19.5 Å². The zero-order valence-electron chi connectivity index (χ0n) is 16.4. The number of nitrogens with zero attached hydrogens (tertiary/aromatic N) is 3. The number of hydrogen-bond acceptors (Lipinski definition) is 4. The van der Waals surface area contributed by atoms with E-state index in [2.05, 4.69) is 5.10 Å². The lowest BCUT2D eigenvalue weighted by Crippen LogP contribution is -2.45. The van der Waals surface area contributed by atoms with Gasteiger partial charge in [-0.2, -0.15) is 5.10 Å². The van der Waals surface area contributed by atoms with Gasteiger partial charge in [-0.1, -0.05) is 36.4 Å². The second-order valence-corrected chi connectivity index (χ2v) is 7.89. The van der Waals surface area contributed by atoms with Gasteiger partial charge in [0.2, 0.25) is 5.43 Å². The van der Waals surface area contributed by atoms with Gasteiger partial charge in [0.25, 0.3) is 5.91 Å². The molecule has 7 heteroatoms. The number of amides is 1. The third kappa shape index (κ3) is 2.65. The normalized spacial score (nSPS) is 20.2. The molecule has 3 aromatic rings. The zero-order valence-corrected chi connectivity index (χ0v) is 16.4. The van der Waals surface area contributed by atoms with Crippen LogP contribution < -0.4 is 5.43 Å². The number of carbonyl (C=O) groups is 1. The highest BCUT2D eigenvalue weighted by molar-refractivity contribution is 5.95. The van der Waals surface area contributed by atoms with E-state index in [1.165, 1.54) is 15.6 Å². The number of aromatic nitrogens is 2. The molecule has 0 bridgehead atoms. The molecular formula is C23H20FN3O3. The summed E-state index contributed by atoms with van der Waals surface area (Å²) in [7, 11) is 1.63. The van der Waals surface area contributed by atoms with Gasteiger partial charge < -0.3 is 10.0 Å². The molecule has 30 heavy (non-hydrogen) atoms. The van der Waals surface area contributed by atoms with Crippen molar-refractivity contribution < 1.29 is 14.3 Å². The van der Waals surface area contributed by atoms with Crippen molar-refractivity contribution in [2.24, 2.45) is 0 Å². The van der Waals surface area contributed by atoms with Crippen molar-refractivity contribution in [1.82, 2.24) is 14.7 Å². The molecule has 1 aromatic heterocycles. The van der Waals surface area contributed by atoms with Crippen LogP contribution in [0, 0.1) is 5.82 Å². The molecular weight excluding hydrogens is 385 g/mol. The van der Waals surface area contributed by atoms with E-state index in [4.69, 9.17) is 0 Å². The fourth-order valence-electron chi connectivity index (χ4n) is 4.82. The predicted octanol–water partition coefficient (Wildman–Crippen LogP) is 2.65. The number of benzene rings is 2. The molecule has 2 aromatic carbocycles. The lowest BCUT2D eigenvalue weighted by molar-refractivity contribution is 0.0686. The molecule has 5 rings (SSSR count). The lowest BCUT2D eigenvalue weighted by Gasteiger charge is -2.38. The first-order valence-corrected chi connectivity index (χ1v) is 9.88. The smallest absolute Gasteiger partial charge is 0.275 e. The SMILES string of the molecule is CN1CC(C2c3ccccc3CCc3c(F)cccc32)n2ncc(=O)c(O)c2C1=O. The van der Waals surface area contributed by atoms with Gasteiger partial charge in [-0.25, -0.2) is 4.39 Å². The minimum absolute atomic E-state index is 0.124. The van der Waals surface area contributed by atoms with Crippen molar-refractivity contribution in [3.05, 3.63) is 92.6 Å². The first-order valence-electron chi connectivity index (χ1n) is 9.88. The summed E-state index contributed by atoms with van der Waals surface area (Å²) in [6.07, 6.45) is 2.31. The molecule has 0 spiro atoms. The maximum atomic E-state index is 14.8. The van der Waals surface area contributed by atoms with Crippen LogP contribution in [0.25, 0.3) is 0 Å². The minimum Gasteiger partial charge on any atom is -0.502 e. The molecule has 0 radical (unpaired) electrons. The van der Waals surface area contributed by atoms with Crippen molar-refractivity contribution in [2.45, 2.75) is 24.8 Å². The third-order valence-corrected chi connectivity index (χ3v) is 6.22. The number of aryl methyl sites for hydroxylation is 1. The van der Waals surface area contributed by atoms with E-state index in [9.17, 15) is 19.1 Å². The van der Waals surface area contributed by atoms with Crippen molar-refractivity contribution in [1.29, 1.82) is 0 Å². The first kappa shape index (κ1) is 18.5. The highest BCUT2D eigenvalue weighted by Gasteiger charge is 2.40. The van der Waals surface area contributed by atoms with Crippen molar-refractivity contribution in [2.75, 3.05) is 13.6 Å². The van der Waals surface area contributed by atoms with Crippen LogP contribution in [0.4, 0.5) is 4.39 Å². The highest BCUT2D eigenvalue weighted by Crippen LogP contribution is 2.43. The maximum absolute atomic E-state index is 14.8. The fraction of sp³-hybridized carbons (Fsp3) is 0.261. The quantitative estimate of drug-likeness (QED) is 0.675. The van der Waals surface area contributed by atoms with Gasteiger partial charge in [0.15, 0.2) is 11.4 Å². The Morgan fingerprint density at radius 1 is 1.07 bits per heavy atom. The second kappa shape index (κ2) is 6.79. The van der Waals surface area contributed by atoms with E-state index in [1.807, 2.05) is 30.3 Å². The molecule has 2 atom stereocenters. The summed E-state index contributed by atoms with van der Waals surface area (Å²) in [6, 6.07) is 12.7. The molecule has 1 aliphatic carbocycles. The molecule has 1 aliphatic heterocycles. The van der Waals surface area contributed by atoms with Crippen LogP contribution in [-0.4, -0.2) is 39.3 Å². The van der Waals surface area contributed by atoms with Crippen LogP contribution in [0.15, 0.2) is 53.5 Å². The maximum Gasteiger partial charge on any atom is 0.275 e. The van der Waals surface area contributed by atoms with E-state index in [0.29, 0.717) is 24.9 Å². The lowest BCUT2D eigenvalue weighted by atomic mass is 9.81. The molecule has 0 fully saturated rings. The molecule has 6 nitrogen and oxygen atoms in total. The van der Waals surface area contributed by atoms with Crippen LogP contribution >= 0.6 is 0 Å². The van der Waals surface area contributed by atoms with Gasteiger partial charge >= 0.3 is 0 Å². The van der Waals surface area contributed by atoms with Crippen LogP contribution in [0.1, 0.15) is 44.7 Å². The van der Waals surface area contributed by atoms with E-state index in [0.717, 1.165) is 22.9 Å². The van der Waals surface area contributed by atoms with E-state index in [-0.39, 0.29) is 17.4 Å².